The van der Waals surface area contributed by atoms with E-state index in [0.717, 1.165) is 33.9 Å². The molecule has 3 rings (SSSR count). The molecule has 1 amide bonds. The lowest BCUT2D eigenvalue weighted by Gasteiger charge is -2.26. The molecule has 38 heavy (non-hydrogen) atoms. The number of ketones is 1. The number of benzene rings is 3. The molecule has 0 fully saturated rings. The number of carbonyl (C=O) groups is 2. The first-order valence-corrected chi connectivity index (χ1v) is 12.3. The average molecular weight is 515 g/mol. The van der Waals surface area contributed by atoms with E-state index in [1.165, 1.54) is 6.08 Å². The molecule has 0 radical (unpaired) electrons. The molecule has 0 spiro atoms. The summed E-state index contributed by atoms with van der Waals surface area (Å²) in [6.07, 6.45) is 4.55. The van der Waals surface area contributed by atoms with E-state index >= 15 is 0 Å². The summed E-state index contributed by atoms with van der Waals surface area (Å²) >= 11 is 0. The highest BCUT2D eigenvalue weighted by Crippen LogP contribution is 2.24. The summed E-state index contributed by atoms with van der Waals surface area (Å²) in [6, 6.07) is 23.6. The lowest BCUT2D eigenvalue weighted by molar-refractivity contribution is -0.124. The van der Waals surface area contributed by atoms with Crippen molar-refractivity contribution in [2.45, 2.75) is 26.9 Å². The third-order valence-corrected chi connectivity index (χ3v) is 6.12. The number of anilines is 1. The van der Waals surface area contributed by atoms with Crippen LogP contribution in [0.2, 0.25) is 0 Å². The second-order valence-electron chi connectivity index (χ2n) is 8.97. The van der Waals surface area contributed by atoms with Crippen molar-refractivity contribution in [1.82, 2.24) is 5.48 Å². The second kappa shape index (κ2) is 13.8. The van der Waals surface area contributed by atoms with Crippen LogP contribution in [-0.2, 0) is 17.9 Å². The van der Waals surface area contributed by atoms with Gasteiger partial charge in [0.1, 0.15) is 11.5 Å². The molecular weight excluding hydrogens is 480 g/mol. The molecule has 7 heteroatoms. The first-order chi connectivity index (χ1) is 18.3. The molecule has 7 nitrogen and oxygen atoms in total. The third-order valence-electron chi connectivity index (χ3n) is 6.12. The molecule has 0 bridgehead atoms. The van der Waals surface area contributed by atoms with Gasteiger partial charge in [0, 0.05) is 36.3 Å². The molecule has 0 saturated heterocycles. The normalized spacial score (nSPS) is 12.2. The number of nitrogens with one attached hydrogen (secondary N) is 1. The van der Waals surface area contributed by atoms with Crippen molar-refractivity contribution >= 4 is 17.4 Å². The molecule has 0 saturated carbocycles. The predicted octanol–water partition coefficient (Wildman–Crippen LogP) is 5.74. The minimum atomic E-state index is -0.624. The van der Waals surface area contributed by atoms with Gasteiger partial charge in [-0.3, -0.25) is 14.8 Å². The molecule has 2 N–H and O–H groups in total. The zero-order valence-corrected chi connectivity index (χ0v) is 22.2. The standard InChI is InChI=1S/C31H34N2O5/c1-22(5-18-30(34)32-36)19-23(2)31(35)26-10-12-27(13-11-26)33(20-24-6-14-28(37-3)15-7-24)21-25-8-16-29(38-4)17-9-25/h5-19,23,36H,20-21H2,1-4H3,(H,32,34)/b18-5+,22-19+/t23-/m1/s1. The van der Waals surface area contributed by atoms with E-state index in [1.54, 1.807) is 38.8 Å². The van der Waals surface area contributed by atoms with E-state index < -0.39 is 5.91 Å². The first kappa shape index (κ1) is 28.2. The molecule has 0 aliphatic carbocycles. The Balaban J connectivity index is 1.80. The van der Waals surface area contributed by atoms with E-state index in [9.17, 15) is 9.59 Å². The molecule has 0 heterocycles. The minimum Gasteiger partial charge on any atom is -0.497 e. The molecule has 0 aromatic heterocycles. The van der Waals surface area contributed by atoms with Crippen LogP contribution in [0.25, 0.3) is 0 Å². The molecule has 198 valence electrons. The van der Waals surface area contributed by atoms with Crippen LogP contribution in [0.15, 0.2) is 96.6 Å². The topological polar surface area (TPSA) is 88.1 Å². The number of methoxy groups -OCH3 is 2. The van der Waals surface area contributed by atoms with Crippen LogP contribution in [0, 0.1) is 5.92 Å². The molecule has 3 aromatic carbocycles. The Morgan fingerprint density at radius 3 is 1.79 bits per heavy atom. The number of ether oxygens (including phenoxy) is 2. The van der Waals surface area contributed by atoms with Gasteiger partial charge in [0.25, 0.3) is 5.91 Å². The number of hydrogen-bond acceptors (Lipinski definition) is 6. The van der Waals surface area contributed by atoms with Crippen LogP contribution in [0.1, 0.15) is 35.3 Å². The number of allylic oxidation sites excluding steroid dienone is 3. The first-order valence-electron chi connectivity index (χ1n) is 12.3. The number of hydrogen-bond donors (Lipinski definition) is 2. The third kappa shape index (κ3) is 8.08. The van der Waals surface area contributed by atoms with Crippen LogP contribution in [0.4, 0.5) is 5.69 Å². The van der Waals surface area contributed by atoms with Crippen molar-refractivity contribution in [3.05, 3.63) is 113 Å². The lowest BCUT2D eigenvalue weighted by Crippen LogP contribution is -2.22. The number of carbonyl (C=O) groups excluding carboxylic acids is 2. The number of nitrogens with zero attached hydrogens (tertiary/aromatic N) is 1. The Labute approximate surface area is 224 Å². The van der Waals surface area contributed by atoms with E-state index in [1.807, 2.05) is 79.7 Å². The Morgan fingerprint density at radius 1 is 0.842 bits per heavy atom. The van der Waals surface area contributed by atoms with Gasteiger partial charge in [-0.2, -0.15) is 0 Å². The van der Waals surface area contributed by atoms with Crippen molar-refractivity contribution in [2.24, 2.45) is 5.92 Å². The summed E-state index contributed by atoms with van der Waals surface area (Å²) < 4.78 is 10.6. The summed E-state index contributed by atoms with van der Waals surface area (Å²) in [5.41, 5.74) is 6.16. The van der Waals surface area contributed by atoms with Crippen molar-refractivity contribution in [1.29, 1.82) is 0 Å². The summed E-state index contributed by atoms with van der Waals surface area (Å²) in [5.74, 6) is 0.596. The van der Waals surface area contributed by atoms with Crippen molar-refractivity contribution in [2.75, 3.05) is 19.1 Å². The van der Waals surface area contributed by atoms with Gasteiger partial charge in [-0.15, -0.1) is 0 Å². The fourth-order valence-corrected chi connectivity index (χ4v) is 4.01. The van der Waals surface area contributed by atoms with Gasteiger partial charge >= 0.3 is 0 Å². The van der Waals surface area contributed by atoms with E-state index in [4.69, 9.17) is 14.7 Å². The average Bonchev–Trinajstić information content (AvgIpc) is 2.96. The molecule has 3 aromatic rings. The fraction of sp³-hybridized carbons (Fsp3) is 0.226. The second-order valence-corrected chi connectivity index (χ2v) is 8.97. The van der Waals surface area contributed by atoms with Crippen LogP contribution < -0.4 is 19.9 Å². The van der Waals surface area contributed by atoms with Crippen molar-refractivity contribution in [3.63, 3.8) is 0 Å². The highest BCUT2D eigenvalue weighted by Gasteiger charge is 2.15. The van der Waals surface area contributed by atoms with Crippen LogP contribution in [0.5, 0.6) is 11.5 Å². The maximum absolute atomic E-state index is 13.0. The maximum atomic E-state index is 13.0. The van der Waals surface area contributed by atoms with E-state index in [0.29, 0.717) is 18.7 Å². The molecule has 0 unspecified atom stereocenters. The fourth-order valence-electron chi connectivity index (χ4n) is 4.01. The van der Waals surface area contributed by atoms with Crippen LogP contribution >= 0.6 is 0 Å². The molecule has 0 aliphatic heterocycles. The quantitative estimate of drug-likeness (QED) is 0.105. The number of amides is 1. The zero-order chi connectivity index (χ0) is 27.5. The van der Waals surface area contributed by atoms with Gasteiger partial charge in [-0.05, 0) is 66.6 Å². The Hall–Kier alpha value is -4.36. The summed E-state index contributed by atoms with van der Waals surface area (Å²) in [4.78, 5) is 26.5. The summed E-state index contributed by atoms with van der Waals surface area (Å²) in [5, 5.41) is 8.60. The van der Waals surface area contributed by atoms with E-state index in [-0.39, 0.29) is 11.7 Å². The van der Waals surface area contributed by atoms with Crippen molar-refractivity contribution < 1.29 is 24.3 Å². The van der Waals surface area contributed by atoms with Crippen LogP contribution in [0.3, 0.4) is 0 Å². The minimum absolute atomic E-state index is 0.0206. The predicted molar refractivity (Wildman–Crippen MR) is 149 cm³/mol. The summed E-state index contributed by atoms with van der Waals surface area (Å²) in [6.45, 7) is 4.97. The van der Waals surface area contributed by atoms with Gasteiger partial charge in [-0.25, -0.2) is 5.48 Å². The van der Waals surface area contributed by atoms with Gasteiger partial charge < -0.3 is 14.4 Å². The summed E-state index contributed by atoms with van der Waals surface area (Å²) in [7, 11) is 3.30. The van der Waals surface area contributed by atoms with E-state index in [2.05, 4.69) is 4.90 Å². The van der Waals surface area contributed by atoms with Gasteiger partial charge in [-0.1, -0.05) is 48.9 Å². The number of hydroxylamine groups is 1. The highest BCUT2D eigenvalue weighted by molar-refractivity contribution is 5.99. The number of Topliss-reactive ketones (excluding diaryl/α,β-unsaturated/α-hetero) is 1. The van der Waals surface area contributed by atoms with Crippen LogP contribution in [-0.4, -0.2) is 31.1 Å². The molecule has 1 atom stereocenters. The maximum Gasteiger partial charge on any atom is 0.267 e. The monoisotopic (exact) mass is 514 g/mol. The molecule has 0 aliphatic rings. The van der Waals surface area contributed by atoms with Gasteiger partial charge in [0.2, 0.25) is 0 Å². The number of rotatable bonds is 12. The molecular formula is C31H34N2O5. The van der Waals surface area contributed by atoms with Gasteiger partial charge in [0.15, 0.2) is 5.78 Å². The Kier molecular flexibility index (Phi) is 10.3. The Morgan fingerprint density at radius 2 is 1.34 bits per heavy atom. The SMILES string of the molecule is COc1ccc(CN(Cc2ccc(OC)cc2)c2ccc(C(=O)[C@H](C)/C=C(C)/C=C/C(=O)NO)cc2)cc1. The largest absolute Gasteiger partial charge is 0.497 e. The Bertz CT molecular complexity index is 1210. The van der Waals surface area contributed by atoms with Gasteiger partial charge in [0.05, 0.1) is 14.2 Å². The highest BCUT2D eigenvalue weighted by atomic mass is 16.5. The zero-order valence-electron chi connectivity index (χ0n) is 22.2. The smallest absolute Gasteiger partial charge is 0.267 e. The lowest BCUT2D eigenvalue weighted by atomic mass is 9.97. The van der Waals surface area contributed by atoms with Crippen molar-refractivity contribution in [3.8, 4) is 11.5 Å².